The molecule has 0 aliphatic heterocycles. The summed E-state index contributed by atoms with van der Waals surface area (Å²) >= 11 is 0. The van der Waals surface area contributed by atoms with E-state index in [2.05, 4.69) is 6.07 Å². The van der Waals surface area contributed by atoms with Crippen LogP contribution in [0.4, 0.5) is 0 Å². The van der Waals surface area contributed by atoms with Crippen molar-refractivity contribution in [2.24, 2.45) is 23.2 Å². The van der Waals surface area contributed by atoms with Crippen LogP contribution in [0.2, 0.25) is 0 Å². The quantitative estimate of drug-likeness (QED) is 0.743. The molecule has 0 radical (unpaired) electrons. The van der Waals surface area contributed by atoms with Crippen LogP contribution in [-0.2, 0) is 14.3 Å². The summed E-state index contributed by atoms with van der Waals surface area (Å²) in [5.41, 5.74) is -1.54. The Kier molecular flexibility index (Phi) is 6.65. The normalized spacial score (nSPS) is 23.7. The molecule has 24 heavy (non-hydrogen) atoms. The van der Waals surface area contributed by atoms with Gasteiger partial charge < -0.3 is 9.84 Å². The monoisotopic (exact) mass is 335 g/mol. The largest absolute Gasteiger partial charge is 0.481 e. The standard InChI is InChI=1S/C19H29NO4/c1-2-24-18(23)19(13-20,15-11-7-4-8-12-15)16(17(21)22)14-9-5-3-6-10-14/h14-16H,2-12H2,1H3,(H,21,22). The molecule has 0 amide bonds. The Bertz CT molecular complexity index is 486. The van der Waals surface area contributed by atoms with Crippen LogP contribution in [0.5, 0.6) is 0 Å². The number of carbonyl (C=O) groups excluding carboxylic acids is 1. The second-order valence-electron chi connectivity index (χ2n) is 7.25. The van der Waals surface area contributed by atoms with Gasteiger partial charge in [0.1, 0.15) is 0 Å². The maximum absolute atomic E-state index is 12.9. The van der Waals surface area contributed by atoms with Crippen LogP contribution in [0.25, 0.3) is 0 Å². The lowest BCUT2D eigenvalue weighted by atomic mass is 9.58. The smallest absolute Gasteiger partial charge is 0.327 e. The molecule has 2 aliphatic rings. The van der Waals surface area contributed by atoms with E-state index in [1.54, 1.807) is 6.92 Å². The summed E-state index contributed by atoms with van der Waals surface area (Å²) in [4.78, 5) is 25.1. The van der Waals surface area contributed by atoms with Crippen molar-refractivity contribution in [1.29, 1.82) is 5.26 Å². The zero-order chi connectivity index (χ0) is 17.6. The van der Waals surface area contributed by atoms with Gasteiger partial charge in [0, 0.05) is 0 Å². The summed E-state index contributed by atoms with van der Waals surface area (Å²) in [6.45, 7) is 1.88. The van der Waals surface area contributed by atoms with Crippen molar-refractivity contribution < 1.29 is 19.4 Å². The van der Waals surface area contributed by atoms with Gasteiger partial charge in [0.2, 0.25) is 0 Å². The van der Waals surface area contributed by atoms with Crippen molar-refractivity contribution in [1.82, 2.24) is 0 Å². The van der Waals surface area contributed by atoms with Gasteiger partial charge in [0.05, 0.1) is 18.6 Å². The summed E-state index contributed by atoms with van der Waals surface area (Å²) in [5, 5.41) is 20.0. The van der Waals surface area contributed by atoms with Gasteiger partial charge in [-0.15, -0.1) is 0 Å². The lowest BCUT2D eigenvalue weighted by molar-refractivity contribution is -0.171. The second kappa shape index (κ2) is 8.50. The number of hydrogen-bond acceptors (Lipinski definition) is 4. The fraction of sp³-hybridized carbons (Fsp3) is 0.842. The first-order valence-corrected chi connectivity index (χ1v) is 9.39. The summed E-state index contributed by atoms with van der Waals surface area (Å²) in [7, 11) is 0. The van der Waals surface area contributed by atoms with Crippen molar-refractivity contribution in [3.63, 3.8) is 0 Å². The third kappa shape index (κ3) is 3.58. The fourth-order valence-electron chi connectivity index (χ4n) is 4.80. The highest BCUT2D eigenvalue weighted by Gasteiger charge is 2.58. The SMILES string of the molecule is CCOC(=O)C(C#N)(C1CCCCC1)C(C(=O)O)C1CCCCC1. The van der Waals surface area contributed by atoms with Crippen LogP contribution in [-0.4, -0.2) is 23.7 Å². The number of esters is 1. The molecular formula is C19H29NO4. The van der Waals surface area contributed by atoms with E-state index in [0.717, 1.165) is 64.2 Å². The molecule has 134 valence electrons. The molecule has 0 aromatic rings. The van der Waals surface area contributed by atoms with Gasteiger partial charge in [-0.2, -0.15) is 5.26 Å². The number of nitriles is 1. The summed E-state index contributed by atoms with van der Waals surface area (Å²) in [6, 6.07) is 2.19. The average Bonchev–Trinajstić information content (AvgIpc) is 2.61. The highest BCUT2D eigenvalue weighted by Crippen LogP contribution is 2.50. The van der Waals surface area contributed by atoms with E-state index >= 15 is 0 Å². The third-order valence-electron chi connectivity index (χ3n) is 5.93. The van der Waals surface area contributed by atoms with Crippen molar-refractivity contribution in [3.05, 3.63) is 0 Å². The molecule has 2 fully saturated rings. The lowest BCUT2D eigenvalue weighted by Gasteiger charge is -2.42. The maximum Gasteiger partial charge on any atom is 0.327 e. The average molecular weight is 335 g/mol. The topological polar surface area (TPSA) is 87.4 Å². The predicted octanol–water partition coefficient (Wildman–Crippen LogP) is 3.92. The molecule has 2 atom stereocenters. The molecular weight excluding hydrogens is 306 g/mol. The van der Waals surface area contributed by atoms with Gasteiger partial charge in [0.25, 0.3) is 0 Å². The number of ether oxygens (including phenoxy) is 1. The van der Waals surface area contributed by atoms with Gasteiger partial charge in [-0.1, -0.05) is 38.5 Å². The number of rotatable bonds is 6. The molecule has 0 aromatic carbocycles. The molecule has 2 rings (SSSR count). The number of aliphatic carboxylic acids is 1. The molecule has 5 heteroatoms. The highest BCUT2D eigenvalue weighted by molar-refractivity contribution is 5.88. The molecule has 2 unspecified atom stereocenters. The summed E-state index contributed by atoms with van der Waals surface area (Å²) in [5.74, 6) is -2.90. The van der Waals surface area contributed by atoms with Crippen LogP contribution in [0, 0.1) is 34.5 Å². The zero-order valence-corrected chi connectivity index (χ0v) is 14.6. The Balaban J connectivity index is 2.45. The molecule has 0 heterocycles. The molecule has 0 aromatic heterocycles. The van der Waals surface area contributed by atoms with Crippen LogP contribution in [0.3, 0.4) is 0 Å². The van der Waals surface area contributed by atoms with Gasteiger partial charge in [0.15, 0.2) is 5.41 Å². The van der Waals surface area contributed by atoms with Gasteiger partial charge in [-0.3, -0.25) is 9.59 Å². The van der Waals surface area contributed by atoms with Crippen molar-refractivity contribution in [2.45, 2.75) is 71.1 Å². The van der Waals surface area contributed by atoms with E-state index in [1.165, 1.54) is 0 Å². The molecule has 2 saturated carbocycles. The van der Waals surface area contributed by atoms with E-state index in [0.29, 0.717) is 0 Å². The Labute approximate surface area is 144 Å². The minimum atomic E-state index is -1.54. The first-order valence-electron chi connectivity index (χ1n) is 9.39. The Morgan fingerprint density at radius 2 is 1.67 bits per heavy atom. The number of carboxylic acids is 1. The first-order chi connectivity index (χ1) is 11.6. The van der Waals surface area contributed by atoms with E-state index in [9.17, 15) is 20.0 Å². The molecule has 0 saturated heterocycles. The van der Waals surface area contributed by atoms with Crippen molar-refractivity contribution in [3.8, 4) is 6.07 Å². The van der Waals surface area contributed by atoms with Gasteiger partial charge >= 0.3 is 11.9 Å². The van der Waals surface area contributed by atoms with Crippen molar-refractivity contribution in [2.75, 3.05) is 6.61 Å². The molecule has 0 bridgehead atoms. The minimum absolute atomic E-state index is 0.109. The van der Waals surface area contributed by atoms with Crippen LogP contribution in [0.15, 0.2) is 0 Å². The Morgan fingerprint density at radius 3 is 2.12 bits per heavy atom. The number of hydrogen-bond donors (Lipinski definition) is 1. The van der Waals surface area contributed by atoms with E-state index in [1.807, 2.05) is 0 Å². The van der Waals surface area contributed by atoms with Crippen LogP contribution in [0.1, 0.15) is 71.1 Å². The molecule has 5 nitrogen and oxygen atoms in total. The second-order valence-corrected chi connectivity index (χ2v) is 7.25. The highest BCUT2D eigenvalue weighted by atomic mass is 16.5. The number of nitrogens with zero attached hydrogens (tertiary/aromatic N) is 1. The first kappa shape index (κ1) is 18.8. The number of carbonyl (C=O) groups is 2. The Hall–Kier alpha value is -1.57. The number of carboxylic acid groups (broad SMARTS) is 1. The van der Waals surface area contributed by atoms with Crippen molar-refractivity contribution >= 4 is 11.9 Å². The van der Waals surface area contributed by atoms with Crippen LogP contribution >= 0.6 is 0 Å². The molecule has 2 aliphatic carbocycles. The zero-order valence-electron chi connectivity index (χ0n) is 14.6. The predicted molar refractivity (Wildman–Crippen MR) is 89.0 cm³/mol. The van der Waals surface area contributed by atoms with E-state index in [4.69, 9.17) is 4.74 Å². The van der Waals surface area contributed by atoms with Crippen LogP contribution < -0.4 is 0 Å². The summed E-state index contributed by atoms with van der Waals surface area (Å²) in [6.07, 6.45) is 9.08. The fourth-order valence-corrected chi connectivity index (χ4v) is 4.80. The third-order valence-corrected chi connectivity index (χ3v) is 5.93. The van der Waals surface area contributed by atoms with Gasteiger partial charge in [-0.05, 0) is 44.4 Å². The Morgan fingerprint density at radius 1 is 1.12 bits per heavy atom. The lowest BCUT2D eigenvalue weighted by Crippen LogP contribution is -2.51. The van der Waals surface area contributed by atoms with Gasteiger partial charge in [-0.25, -0.2) is 0 Å². The minimum Gasteiger partial charge on any atom is -0.481 e. The summed E-state index contributed by atoms with van der Waals surface area (Å²) < 4.78 is 5.25. The maximum atomic E-state index is 12.9. The molecule has 0 spiro atoms. The molecule has 1 N–H and O–H groups in total. The van der Waals surface area contributed by atoms with E-state index < -0.39 is 23.3 Å². The van der Waals surface area contributed by atoms with E-state index in [-0.39, 0.29) is 18.4 Å².